The van der Waals surface area contributed by atoms with E-state index < -0.39 is 0 Å². The van der Waals surface area contributed by atoms with Gasteiger partial charge in [-0.2, -0.15) is 0 Å². The number of nitrogens with zero attached hydrogens (tertiary/aromatic N) is 3. The minimum atomic E-state index is 0. The third-order valence-electron chi connectivity index (χ3n) is 6.40. The zero-order chi connectivity index (χ0) is 18.5. The minimum Gasteiger partial charge on any atom is -0.356 e. The number of likely N-dealkylation sites (tertiary alicyclic amines) is 2. The van der Waals surface area contributed by atoms with Gasteiger partial charge in [-0.15, -0.1) is 24.0 Å². The SMILES string of the molecule is CN=C(NCC1CCN(C2CC2)C1)NCC1CCCN1Cc1ccccc1.I. The molecule has 2 unspecified atom stereocenters. The summed E-state index contributed by atoms with van der Waals surface area (Å²) in [6.07, 6.45) is 6.74. The fourth-order valence-corrected chi connectivity index (χ4v) is 4.63. The summed E-state index contributed by atoms with van der Waals surface area (Å²) in [4.78, 5) is 9.74. The van der Waals surface area contributed by atoms with Gasteiger partial charge in [-0.05, 0) is 56.7 Å². The second-order valence-electron chi connectivity index (χ2n) is 8.47. The molecule has 2 aliphatic heterocycles. The molecule has 6 heteroatoms. The summed E-state index contributed by atoms with van der Waals surface area (Å²) in [5.41, 5.74) is 1.41. The van der Waals surface area contributed by atoms with E-state index in [1.165, 1.54) is 57.3 Å². The summed E-state index contributed by atoms with van der Waals surface area (Å²) in [6, 6.07) is 12.3. The van der Waals surface area contributed by atoms with E-state index in [-0.39, 0.29) is 24.0 Å². The number of halogens is 1. The molecule has 1 aromatic rings. The van der Waals surface area contributed by atoms with Crippen LogP contribution in [0.4, 0.5) is 0 Å². The zero-order valence-electron chi connectivity index (χ0n) is 17.1. The van der Waals surface area contributed by atoms with Crippen molar-refractivity contribution in [1.82, 2.24) is 20.4 Å². The lowest BCUT2D eigenvalue weighted by molar-refractivity contribution is 0.245. The van der Waals surface area contributed by atoms with Crippen LogP contribution in [0, 0.1) is 5.92 Å². The van der Waals surface area contributed by atoms with Gasteiger partial charge in [0.25, 0.3) is 0 Å². The first-order valence-electron chi connectivity index (χ1n) is 10.8. The average Bonchev–Trinajstić information content (AvgIpc) is 3.28. The molecule has 1 aromatic carbocycles. The van der Waals surface area contributed by atoms with Crippen LogP contribution in [0.1, 0.15) is 37.7 Å². The van der Waals surface area contributed by atoms with Crippen LogP contribution in [0.5, 0.6) is 0 Å². The van der Waals surface area contributed by atoms with Crippen LogP contribution < -0.4 is 10.6 Å². The summed E-state index contributed by atoms with van der Waals surface area (Å²) in [6.45, 7) is 6.83. The molecule has 4 rings (SSSR count). The van der Waals surface area contributed by atoms with E-state index in [1.807, 2.05) is 7.05 Å². The van der Waals surface area contributed by atoms with Crippen LogP contribution in [0.2, 0.25) is 0 Å². The number of rotatable bonds is 7. The van der Waals surface area contributed by atoms with Crippen LogP contribution >= 0.6 is 24.0 Å². The molecular formula is C22H36IN5. The number of benzene rings is 1. The van der Waals surface area contributed by atoms with Crippen molar-refractivity contribution in [2.45, 2.75) is 50.7 Å². The number of hydrogen-bond acceptors (Lipinski definition) is 3. The van der Waals surface area contributed by atoms with Crippen molar-refractivity contribution in [1.29, 1.82) is 0 Å². The molecule has 5 nitrogen and oxygen atoms in total. The molecule has 1 aliphatic carbocycles. The van der Waals surface area contributed by atoms with Gasteiger partial charge in [0.1, 0.15) is 0 Å². The highest BCUT2D eigenvalue weighted by molar-refractivity contribution is 14.0. The first-order valence-corrected chi connectivity index (χ1v) is 10.8. The molecule has 0 spiro atoms. The highest BCUT2D eigenvalue weighted by Crippen LogP contribution is 2.31. The van der Waals surface area contributed by atoms with Crippen molar-refractivity contribution in [2.75, 3.05) is 39.8 Å². The predicted octanol–water partition coefficient (Wildman–Crippen LogP) is 2.92. The van der Waals surface area contributed by atoms with Gasteiger partial charge in [-0.3, -0.25) is 9.89 Å². The molecule has 0 amide bonds. The fraction of sp³-hybridized carbons (Fsp3) is 0.682. The second kappa shape index (κ2) is 10.8. The second-order valence-corrected chi connectivity index (χ2v) is 8.47. The van der Waals surface area contributed by atoms with E-state index in [0.717, 1.165) is 37.6 Å². The van der Waals surface area contributed by atoms with Crippen molar-refractivity contribution >= 4 is 29.9 Å². The first kappa shape index (κ1) is 21.8. The number of hydrogen-bond donors (Lipinski definition) is 2. The Morgan fingerprint density at radius 2 is 1.82 bits per heavy atom. The van der Waals surface area contributed by atoms with Crippen molar-refractivity contribution in [2.24, 2.45) is 10.9 Å². The molecule has 0 aromatic heterocycles. The molecule has 3 fully saturated rings. The molecule has 0 bridgehead atoms. The Balaban J connectivity index is 0.00000225. The fourth-order valence-electron chi connectivity index (χ4n) is 4.63. The van der Waals surface area contributed by atoms with E-state index in [2.05, 4.69) is 55.8 Å². The Hall–Kier alpha value is -0.860. The first-order chi connectivity index (χ1) is 13.3. The minimum absolute atomic E-state index is 0. The van der Waals surface area contributed by atoms with Gasteiger partial charge in [0.15, 0.2) is 5.96 Å². The molecule has 2 saturated heterocycles. The molecule has 156 valence electrons. The van der Waals surface area contributed by atoms with Crippen molar-refractivity contribution in [3.8, 4) is 0 Å². The van der Waals surface area contributed by atoms with E-state index in [4.69, 9.17) is 0 Å². The summed E-state index contributed by atoms with van der Waals surface area (Å²) >= 11 is 0. The Bertz CT molecular complexity index is 619. The van der Waals surface area contributed by atoms with Crippen LogP contribution in [-0.4, -0.2) is 67.6 Å². The Morgan fingerprint density at radius 3 is 2.57 bits per heavy atom. The highest BCUT2D eigenvalue weighted by atomic mass is 127. The molecule has 2 atom stereocenters. The van der Waals surface area contributed by atoms with Crippen LogP contribution in [0.15, 0.2) is 35.3 Å². The maximum absolute atomic E-state index is 4.45. The molecule has 0 radical (unpaired) electrons. The summed E-state index contributed by atoms with van der Waals surface area (Å²) in [5, 5.41) is 7.15. The monoisotopic (exact) mass is 497 g/mol. The number of guanidine groups is 1. The van der Waals surface area contributed by atoms with Crippen LogP contribution in [-0.2, 0) is 6.54 Å². The van der Waals surface area contributed by atoms with Crippen molar-refractivity contribution in [3.05, 3.63) is 35.9 Å². The van der Waals surface area contributed by atoms with Crippen molar-refractivity contribution < 1.29 is 0 Å². The maximum Gasteiger partial charge on any atom is 0.191 e. The lowest BCUT2D eigenvalue weighted by Crippen LogP contribution is -2.46. The van der Waals surface area contributed by atoms with Gasteiger partial charge < -0.3 is 15.5 Å². The Morgan fingerprint density at radius 1 is 1.04 bits per heavy atom. The molecule has 2 N–H and O–H groups in total. The van der Waals surface area contributed by atoms with Gasteiger partial charge in [0.2, 0.25) is 0 Å². The lowest BCUT2D eigenvalue weighted by atomic mass is 10.1. The highest BCUT2D eigenvalue weighted by Gasteiger charge is 2.34. The van der Waals surface area contributed by atoms with Gasteiger partial charge >= 0.3 is 0 Å². The largest absolute Gasteiger partial charge is 0.356 e. The van der Waals surface area contributed by atoms with Gasteiger partial charge in [0.05, 0.1) is 0 Å². The van der Waals surface area contributed by atoms with Crippen LogP contribution in [0.3, 0.4) is 0 Å². The summed E-state index contributed by atoms with van der Waals surface area (Å²) in [5.74, 6) is 1.73. The summed E-state index contributed by atoms with van der Waals surface area (Å²) in [7, 11) is 1.89. The summed E-state index contributed by atoms with van der Waals surface area (Å²) < 4.78 is 0. The van der Waals surface area contributed by atoms with Gasteiger partial charge in [-0.1, -0.05) is 30.3 Å². The normalized spacial score (nSPS) is 26.2. The number of aliphatic imine (C=N–C) groups is 1. The van der Waals surface area contributed by atoms with Crippen LogP contribution in [0.25, 0.3) is 0 Å². The smallest absolute Gasteiger partial charge is 0.191 e. The standard InChI is InChI=1S/C22H35N5.HI/c1-23-22(24-14-19-11-13-27(17-19)20-9-10-20)25-15-21-8-5-12-26(21)16-18-6-3-2-4-7-18;/h2-4,6-7,19-21H,5,8-17H2,1H3,(H2,23,24,25);1H. The topological polar surface area (TPSA) is 42.9 Å². The third-order valence-corrected chi connectivity index (χ3v) is 6.40. The molecule has 1 saturated carbocycles. The molecular weight excluding hydrogens is 461 g/mol. The third kappa shape index (κ3) is 6.07. The maximum atomic E-state index is 4.45. The Labute approximate surface area is 187 Å². The average molecular weight is 497 g/mol. The van der Waals surface area contributed by atoms with Gasteiger partial charge in [-0.25, -0.2) is 0 Å². The zero-order valence-corrected chi connectivity index (χ0v) is 19.5. The van der Waals surface area contributed by atoms with Gasteiger partial charge in [0, 0.05) is 45.3 Å². The van der Waals surface area contributed by atoms with E-state index in [0.29, 0.717) is 6.04 Å². The van der Waals surface area contributed by atoms with E-state index in [9.17, 15) is 0 Å². The van der Waals surface area contributed by atoms with E-state index in [1.54, 1.807) is 0 Å². The van der Waals surface area contributed by atoms with E-state index >= 15 is 0 Å². The number of nitrogens with one attached hydrogen (secondary N) is 2. The lowest BCUT2D eigenvalue weighted by Gasteiger charge is -2.26. The predicted molar refractivity (Wildman–Crippen MR) is 127 cm³/mol. The quantitative estimate of drug-likeness (QED) is 0.346. The molecule has 3 aliphatic rings. The molecule has 28 heavy (non-hydrogen) atoms. The van der Waals surface area contributed by atoms with Crippen molar-refractivity contribution in [3.63, 3.8) is 0 Å². The molecule has 2 heterocycles. The Kier molecular flexibility index (Phi) is 8.41.